The fourth-order valence-electron chi connectivity index (χ4n) is 5.31. The smallest absolute Gasteiger partial charge is 0.303 e. The molecule has 29 heavy (non-hydrogen) atoms. The number of carboxylic acid groups (broad SMARTS) is 1. The monoisotopic (exact) mass is 393 g/mol. The molecule has 0 unspecified atom stereocenters. The van der Waals surface area contributed by atoms with Crippen molar-refractivity contribution in [2.75, 3.05) is 0 Å². The van der Waals surface area contributed by atoms with Gasteiger partial charge in [-0.25, -0.2) is 4.98 Å². The van der Waals surface area contributed by atoms with Crippen molar-refractivity contribution in [2.24, 2.45) is 11.7 Å². The van der Waals surface area contributed by atoms with Crippen molar-refractivity contribution < 1.29 is 14.7 Å². The Bertz CT molecular complexity index is 991. The van der Waals surface area contributed by atoms with Crippen molar-refractivity contribution in [2.45, 2.75) is 64.2 Å². The zero-order valence-corrected chi connectivity index (χ0v) is 17.0. The van der Waals surface area contributed by atoms with Gasteiger partial charge >= 0.3 is 5.97 Å². The van der Waals surface area contributed by atoms with Crippen LogP contribution in [-0.4, -0.2) is 27.0 Å². The molecule has 6 nitrogen and oxygen atoms in total. The van der Waals surface area contributed by atoms with Crippen LogP contribution in [0.4, 0.5) is 0 Å². The number of carbonyl (C=O) groups excluding carboxylic acids is 1. The number of fused-ring (bicyclic) bond motifs is 2. The maximum Gasteiger partial charge on any atom is 0.303 e. The third kappa shape index (κ3) is 3.52. The molecule has 0 atom stereocenters. The Balaban J connectivity index is 1.63. The van der Waals surface area contributed by atoms with E-state index in [1.54, 1.807) is 6.92 Å². The molecule has 2 aliphatic carbocycles. The van der Waals surface area contributed by atoms with Crippen molar-refractivity contribution in [1.82, 2.24) is 9.97 Å². The van der Waals surface area contributed by atoms with Gasteiger partial charge in [-0.2, -0.15) is 0 Å². The number of amides is 1. The van der Waals surface area contributed by atoms with Gasteiger partial charge in [0.2, 0.25) is 0 Å². The number of nitrogens with two attached hydrogens (primary N) is 1. The Hall–Kier alpha value is -2.76. The molecular weight excluding hydrogens is 366 g/mol. The number of rotatable bonds is 4. The summed E-state index contributed by atoms with van der Waals surface area (Å²) in [5.41, 5.74) is 11.6. The summed E-state index contributed by atoms with van der Waals surface area (Å²) in [5, 5.41) is 9.07. The van der Waals surface area contributed by atoms with Crippen LogP contribution in [0.3, 0.4) is 0 Å². The molecule has 2 aromatic rings. The SMILES string of the molecule is Cc1nc(C)c(-c2ccc3c(c2)CC[C@]32CC[C@@H](CC(=O)O)CC2)nc1C(N)=O. The van der Waals surface area contributed by atoms with Crippen molar-refractivity contribution in [3.05, 3.63) is 46.4 Å². The number of hydrogen-bond acceptors (Lipinski definition) is 4. The average molecular weight is 393 g/mol. The Labute approximate surface area is 170 Å². The molecule has 1 fully saturated rings. The predicted octanol–water partition coefficient (Wildman–Crippen LogP) is 3.71. The van der Waals surface area contributed by atoms with E-state index in [9.17, 15) is 9.59 Å². The molecule has 1 amide bonds. The second kappa shape index (κ2) is 7.25. The summed E-state index contributed by atoms with van der Waals surface area (Å²) in [7, 11) is 0. The van der Waals surface area contributed by atoms with Crippen LogP contribution in [0.5, 0.6) is 0 Å². The normalized spacial score (nSPS) is 23.2. The van der Waals surface area contributed by atoms with E-state index >= 15 is 0 Å². The quantitative estimate of drug-likeness (QED) is 0.824. The van der Waals surface area contributed by atoms with Gasteiger partial charge in [-0.15, -0.1) is 0 Å². The lowest BCUT2D eigenvalue weighted by Crippen LogP contribution is -2.30. The first-order valence-corrected chi connectivity index (χ1v) is 10.3. The lowest BCUT2D eigenvalue weighted by Gasteiger charge is -2.38. The van der Waals surface area contributed by atoms with Crippen molar-refractivity contribution in [1.29, 1.82) is 0 Å². The Morgan fingerprint density at radius 2 is 1.86 bits per heavy atom. The summed E-state index contributed by atoms with van der Waals surface area (Å²) < 4.78 is 0. The van der Waals surface area contributed by atoms with Crippen LogP contribution in [-0.2, 0) is 16.6 Å². The summed E-state index contributed by atoms with van der Waals surface area (Å²) in [6, 6.07) is 6.47. The molecule has 0 bridgehead atoms. The third-order valence-corrected chi connectivity index (χ3v) is 6.83. The molecule has 0 saturated heterocycles. The zero-order chi connectivity index (χ0) is 20.8. The molecule has 1 aromatic carbocycles. The van der Waals surface area contributed by atoms with Gasteiger partial charge in [0.1, 0.15) is 5.69 Å². The molecule has 6 heteroatoms. The van der Waals surface area contributed by atoms with E-state index in [2.05, 4.69) is 28.2 Å². The van der Waals surface area contributed by atoms with Gasteiger partial charge < -0.3 is 10.8 Å². The molecular formula is C23H27N3O3. The Kier molecular flexibility index (Phi) is 4.89. The number of benzene rings is 1. The fourth-order valence-corrected chi connectivity index (χ4v) is 5.31. The maximum atomic E-state index is 11.7. The van der Waals surface area contributed by atoms with Crippen LogP contribution >= 0.6 is 0 Å². The first kappa shape index (κ1) is 19.6. The van der Waals surface area contributed by atoms with Gasteiger partial charge in [-0.3, -0.25) is 14.6 Å². The van der Waals surface area contributed by atoms with Gasteiger partial charge in [-0.1, -0.05) is 12.1 Å². The second-order valence-corrected chi connectivity index (χ2v) is 8.65. The minimum atomic E-state index is -0.688. The van der Waals surface area contributed by atoms with Crippen LogP contribution in [0, 0.1) is 19.8 Å². The number of hydrogen-bond donors (Lipinski definition) is 2. The standard InChI is InChI=1S/C23H27N3O3/c1-13-20(26-21(22(24)29)14(2)25-13)17-3-4-18-16(12-17)7-10-23(18)8-5-15(6-9-23)11-19(27)28/h3-4,12,15H,5-11H2,1-2H3,(H2,24,29)(H,27,28)/t15-,23-. The predicted molar refractivity (Wildman–Crippen MR) is 110 cm³/mol. The summed E-state index contributed by atoms with van der Waals surface area (Å²) >= 11 is 0. The summed E-state index contributed by atoms with van der Waals surface area (Å²) in [4.78, 5) is 31.7. The molecule has 2 aliphatic rings. The minimum Gasteiger partial charge on any atom is -0.481 e. The molecule has 1 aromatic heterocycles. The van der Waals surface area contributed by atoms with E-state index in [0.717, 1.165) is 49.8 Å². The van der Waals surface area contributed by atoms with E-state index in [1.807, 2.05) is 6.92 Å². The van der Waals surface area contributed by atoms with E-state index in [1.165, 1.54) is 11.1 Å². The van der Waals surface area contributed by atoms with Gasteiger partial charge in [-0.05, 0) is 80.9 Å². The lowest BCUT2D eigenvalue weighted by molar-refractivity contribution is -0.138. The highest BCUT2D eigenvalue weighted by atomic mass is 16.4. The number of carbonyl (C=O) groups is 2. The van der Waals surface area contributed by atoms with Crippen LogP contribution in [0.2, 0.25) is 0 Å². The molecule has 1 heterocycles. The number of aryl methyl sites for hydroxylation is 3. The molecule has 0 radical (unpaired) electrons. The van der Waals surface area contributed by atoms with Gasteiger partial charge in [0.15, 0.2) is 0 Å². The van der Waals surface area contributed by atoms with Crippen molar-refractivity contribution in [3.8, 4) is 11.3 Å². The van der Waals surface area contributed by atoms with Gasteiger partial charge in [0.25, 0.3) is 5.91 Å². The molecule has 1 spiro atoms. The van der Waals surface area contributed by atoms with Crippen molar-refractivity contribution >= 4 is 11.9 Å². The molecule has 152 valence electrons. The number of aromatic nitrogens is 2. The molecule has 4 rings (SSSR count). The largest absolute Gasteiger partial charge is 0.481 e. The topological polar surface area (TPSA) is 106 Å². The van der Waals surface area contributed by atoms with Gasteiger partial charge in [0.05, 0.1) is 17.1 Å². The van der Waals surface area contributed by atoms with Crippen LogP contribution < -0.4 is 5.73 Å². The Morgan fingerprint density at radius 1 is 1.14 bits per heavy atom. The lowest BCUT2D eigenvalue weighted by atomic mass is 9.67. The van der Waals surface area contributed by atoms with E-state index in [0.29, 0.717) is 17.3 Å². The molecule has 1 saturated carbocycles. The van der Waals surface area contributed by atoms with E-state index in [4.69, 9.17) is 10.8 Å². The summed E-state index contributed by atoms with van der Waals surface area (Å²) in [6.07, 6.45) is 6.52. The van der Waals surface area contributed by atoms with Crippen LogP contribution in [0.25, 0.3) is 11.3 Å². The summed E-state index contributed by atoms with van der Waals surface area (Å²) in [6.45, 7) is 3.65. The highest BCUT2D eigenvalue weighted by Crippen LogP contribution is 2.51. The number of nitrogens with zero attached hydrogens (tertiary/aromatic N) is 2. The second-order valence-electron chi connectivity index (χ2n) is 8.65. The van der Waals surface area contributed by atoms with Crippen molar-refractivity contribution in [3.63, 3.8) is 0 Å². The summed E-state index contributed by atoms with van der Waals surface area (Å²) in [5.74, 6) is -0.944. The Morgan fingerprint density at radius 3 is 2.52 bits per heavy atom. The van der Waals surface area contributed by atoms with E-state index in [-0.39, 0.29) is 17.5 Å². The average Bonchev–Trinajstić information content (AvgIpc) is 3.01. The van der Waals surface area contributed by atoms with Gasteiger partial charge in [0, 0.05) is 12.0 Å². The highest BCUT2D eigenvalue weighted by molar-refractivity contribution is 5.92. The zero-order valence-electron chi connectivity index (χ0n) is 17.0. The molecule has 0 aliphatic heterocycles. The number of aliphatic carboxylic acids is 1. The number of carboxylic acids is 1. The number of primary amides is 1. The maximum absolute atomic E-state index is 11.7. The first-order valence-electron chi connectivity index (χ1n) is 10.3. The molecule has 3 N–H and O–H groups in total. The van der Waals surface area contributed by atoms with Crippen LogP contribution in [0.1, 0.15) is 71.5 Å². The minimum absolute atomic E-state index is 0.190. The van der Waals surface area contributed by atoms with E-state index < -0.39 is 11.9 Å². The fraction of sp³-hybridized carbons (Fsp3) is 0.478. The first-order chi connectivity index (χ1) is 13.8. The van der Waals surface area contributed by atoms with Crippen LogP contribution in [0.15, 0.2) is 18.2 Å². The third-order valence-electron chi connectivity index (χ3n) is 6.83. The highest BCUT2D eigenvalue weighted by Gasteiger charge is 2.41.